The summed E-state index contributed by atoms with van der Waals surface area (Å²) in [5, 5.41) is 36.9. The predicted molar refractivity (Wildman–Crippen MR) is 208 cm³/mol. The van der Waals surface area contributed by atoms with Crippen molar-refractivity contribution in [3.8, 4) is 0 Å². The maximum Gasteiger partial charge on any atom is 0.246 e. The van der Waals surface area contributed by atoms with Gasteiger partial charge in [-0.3, -0.25) is 9.59 Å². The number of ether oxygens (including phenoxy) is 1. The molecule has 6 aliphatic rings. The lowest BCUT2D eigenvalue weighted by Crippen LogP contribution is -2.62. The van der Waals surface area contributed by atoms with Crippen molar-refractivity contribution in [2.45, 2.75) is 129 Å². The van der Waals surface area contributed by atoms with Gasteiger partial charge in [0.2, 0.25) is 5.91 Å². The average molecular weight is 723 g/mol. The van der Waals surface area contributed by atoms with E-state index < -0.39 is 34.9 Å². The molecule has 284 valence electrons. The summed E-state index contributed by atoms with van der Waals surface area (Å²) in [7, 11) is 0. The number of aliphatic hydroxyl groups is 3. The number of aromatic nitrogens is 1. The van der Waals surface area contributed by atoms with Gasteiger partial charge < -0.3 is 29.9 Å². The Hall–Kier alpha value is -3.30. The van der Waals surface area contributed by atoms with Gasteiger partial charge in [0.25, 0.3) is 0 Å². The van der Waals surface area contributed by atoms with E-state index in [0.717, 1.165) is 58.9 Å². The summed E-state index contributed by atoms with van der Waals surface area (Å²) >= 11 is 0. The zero-order valence-corrected chi connectivity index (χ0v) is 33.0. The average Bonchev–Trinajstić information content (AvgIpc) is 3.74. The summed E-state index contributed by atoms with van der Waals surface area (Å²) < 4.78 is 8.88. The number of aliphatic hydroxyl groups excluding tert-OH is 3. The number of ketones is 1. The quantitative estimate of drug-likeness (QED) is 0.142. The van der Waals surface area contributed by atoms with E-state index in [9.17, 15) is 19.8 Å². The first kappa shape index (κ1) is 36.7. The summed E-state index contributed by atoms with van der Waals surface area (Å²) in [6, 6.07) is 1.75. The highest BCUT2D eigenvalue weighted by atomic mass is 16.5. The zero-order valence-electron chi connectivity index (χ0n) is 33.0. The number of amides is 1. The highest BCUT2D eigenvalue weighted by molar-refractivity contribution is 6.18. The number of nitrogens with zero attached hydrogens (tertiary/aromatic N) is 1. The normalized spacial score (nSPS) is 37.6. The van der Waals surface area contributed by atoms with Gasteiger partial charge in [-0.05, 0) is 120 Å². The molecular formula is C45H58N2O6. The maximum atomic E-state index is 14.9. The summed E-state index contributed by atoms with van der Waals surface area (Å²) in [6.45, 7) is 23.5. The van der Waals surface area contributed by atoms with E-state index in [1.54, 1.807) is 13.0 Å². The fourth-order valence-corrected chi connectivity index (χ4v) is 12.9. The highest BCUT2D eigenvalue weighted by Crippen LogP contribution is 2.71. The first-order valence-electron chi connectivity index (χ1n) is 19.7. The van der Waals surface area contributed by atoms with Crippen molar-refractivity contribution in [3.63, 3.8) is 0 Å². The van der Waals surface area contributed by atoms with E-state index in [1.807, 2.05) is 13.0 Å². The number of Topliss-reactive ketones (excluding diaryl/α,β-unsaturated/α-hetero) is 1. The van der Waals surface area contributed by atoms with Crippen molar-refractivity contribution in [3.05, 3.63) is 76.0 Å². The molecule has 3 heterocycles. The Morgan fingerprint density at radius 2 is 1.81 bits per heavy atom. The van der Waals surface area contributed by atoms with Gasteiger partial charge in [-0.25, -0.2) is 0 Å². The van der Waals surface area contributed by atoms with Crippen molar-refractivity contribution < 1.29 is 29.6 Å². The first-order valence-corrected chi connectivity index (χ1v) is 19.7. The second-order valence-electron chi connectivity index (χ2n) is 19.0. The van der Waals surface area contributed by atoms with Gasteiger partial charge in [0, 0.05) is 45.5 Å². The van der Waals surface area contributed by atoms with Gasteiger partial charge in [0.1, 0.15) is 6.04 Å². The molecule has 2 aromatic rings. The van der Waals surface area contributed by atoms with Crippen LogP contribution in [0.1, 0.15) is 133 Å². The fourth-order valence-electron chi connectivity index (χ4n) is 12.9. The zero-order chi connectivity index (χ0) is 38.4. The van der Waals surface area contributed by atoms with Crippen LogP contribution in [-0.2, 0) is 21.4 Å². The highest BCUT2D eigenvalue weighted by Gasteiger charge is 2.67. The molecule has 1 aromatic heterocycles. The molecule has 4 N–H and O–H groups in total. The molecule has 0 spiro atoms. The molecule has 2 aliphatic heterocycles. The molecule has 1 unspecified atom stereocenters. The van der Waals surface area contributed by atoms with Crippen LogP contribution in [0.15, 0.2) is 48.1 Å². The monoisotopic (exact) mass is 722 g/mol. The Balaban J connectivity index is 1.30. The van der Waals surface area contributed by atoms with Gasteiger partial charge in [0.05, 0.1) is 41.1 Å². The fraction of sp³-hybridized carbons (Fsp3) is 0.600. The molecule has 0 bridgehead atoms. The molecule has 9 atom stereocenters. The molecule has 2 fully saturated rings. The number of benzene rings is 1. The second-order valence-corrected chi connectivity index (χ2v) is 19.0. The lowest BCUT2D eigenvalue weighted by molar-refractivity contribution is -0.144. The van der Waals surface area contributed by atoms with Crippen molar-refractivity contribution in [2.75, 3.05) is 13.2 Å². The summed E-state index contributed by atoms with van der Waals surface area (Å²) in [6.07, 6.45) is 11.1. The summed E-state index contributed by atoms with van der Waals surface area (Å²) in [5.41, 5.74) is 6.15. The molecule has 1 amide bonds. The van der Waals surface area contributed by atoms with E-state index in [0.29, 0.717) is 23.5 Å². The summed E-state index contributed by atoms with van der Waals surface area (Å²) in [4.78, 5) is 27.4. The topological polar surface area (TPSA) is 121 Å². The number of nitrogens with one attached hydrogen (secondary N) is 1. The van der Waals surface area contributed by atoms with Gasteiger partial charge in [-0.1, -0.05) is 51.2 Å². The molecule has 8 nitrogen and oxygen atoms in total. The Kier molecular flexibility index (Phi) is 8.03. The molecule has 8 heteroatoms. The van der Waals surface area contributed by atoms with Crippen molar-refractivity contribution in [1.82, 2.24) is 9.88 Å². The Labute approximate surface area is 314 Å². The van der Waals surface area contributed by atoms with Crippen LogP contribution < -0.4 is 5.32 Å². The molecule has 1 aromatic carbocycles. The van der Waals surface area contributed by atoms with E-state index in [2.05, 4.69) is 83.1 Å². The van der Waals surface area contributed by atoms with E-state index in [-0.39, 0.29) is 47.5 Å². The van der Waals surface area contributed by atoms with Crippen molar-refractivity contribution in [1.29, 1.82) is 0 Å². The van der Waals surface area contributed by atoms with Gasteiger partial charge in [-0.2, -0.15) is 0 Å². The molecule has 2 saturated carbocycles. The minimum absolute atomic E-state index is 0.0232. The lowest BCUT2D eigenvalue weighted by atomic mass is 9.40. The molecule has 0 saturated heterocycles. The number of carbonyl (C=O) groups excluding carboxylic acids is 2. The number of allylic oxidation sites excluding steroid dienone is 3. The SMILES string of the molecule is C=C(C)[C@H]1C(=O)c2c3c(cc4c5c(n1c24)[C@@]1(C)C(CC[C@H]2[C@](C)(/C=C/C=C(\C)C(=O)NCCO)[C@@H](O)CC[C@]21C)C5)C1=CC(C)(C)OC(C)(C)[C@@H]1[C@@H]3O. The van der Waals surface area contributed by atoms with E-state index >= 15 is 0 Å². The van der Waals surface area contributed by atoms with Crippen LogP contribution in [0.3, 0.4) is 0 Å². The van der Waals surface area contributed by atoms with Crippen LogP contribution >= 0.6 is 0 Å². The first-order chi connectivity index (χ1) is 24.7. The van der Waals surface area contributed by atoms with Gasteiger partial charge in [0.15, 0.2) is 5.78 Å². The Bertz CT molecular complexity index is 2080. The Morgan fingerprint density at radius 3 is 2.49 bits per heavy atom. The van der Waals surface area contributed by atoms with Crippen LogP contribution in [-0.4, -0.2) is 62.0 Å². The van der Waals surface area contributed by atoms with Crippen LogP contribution in [0.4, 0.5) is 0 Å². The van der Waals surface area contributed by atoms with Crippen LogP contribution in [0, 0.1) is 28.6 Å². The van der Waals surface area contributed by atoms with Crippen LogP contribution in [0.5, 0.6) is 0 Å². The Morgan fingerprint density at radius 1 is 1.09 bits per heavy atom. The molecular weight excluding hydrogens is 665 g/mol. The molecule has 53 heavy (non-hydrogen) atoms. The number of hydrogen-bond donors (Lipinski definition) is 4. The van der Waals surface area contributed by atoms with Gasteiger partial charge in [-0.15, -0.1) is 0 Å². The smallest absolute Gasteiger partial charge is 0.246 e. The largest absolute Gasteiger partial charge is 0.395 e. The minimum atomic E-state index is -0.863. The van der Waals surface area contributed by atoms with Crippen LogP contribution in [0.25, 0.3) is 16.5 Å². The number of carbonyl (C=O) groups is 2. The number of fused-ring (bicyclic) bond motifs is 11. The second kappa shape index (κ2) is 11.6. The standard InChI is InChI=1S/C45H58N2O6/c1-23(2)35-38(51)33-32-26(29-22-41(4,5)53-42(6,7)34(29)37(32)50)21-27-28-20-25-13-14-30-43(8,16-11-12-24(3)40(52)46-18-19-48)31(49)15-17-44(30,9)45(25,10)39(28)47(35)36(27)33/h11-12,16,21-22,25,30-31,34-35,37,48-50H,1,13-15,17-20H2,2-10H3,(H,46,52)/b16-11+,24-12+/t25?,30-,31-,34-,35-,37+,43-,44+,45+/m0/s1. The maximum absolute atomic E-state index is 14.9. The third kappa shape index (κ3) is 4.68. The van der Waals surface area contributed by atoms with Crippen LogP contribution in [0.2, 0.25) is 0 Å². The van der Waals surface area contributed by atoms with Crippen molar-refractivity contribution >= 4 is 28.2 Å². The third-order valence-electron chi connectivity index (χ3n) is 15.2. The van der Waals surface area contributed by atoms with Crippen molar-refractivity contribution in [2.24, 2.45) is 28.6 Å². The minimum Gasteiger partial charge on any atom is -0.395 e. The third-order valence-corrected chi connectivity index (χ3v) is 15.2. The molecule has 8 rings (SSSR count). The lowest BCUT2D eigenvalue weighted by Gasteiger charge is -2.64. The summed E-state index contributed by atoms with van der Waals surface area (Å²) in [5.74, 6) is 0.0473. The molecule has 0 radical (unpaired) electrons. The van der Waals surface area contributed by atoms with E-state index in [4.69, 9.17) is 9.84 Å². The van der Waals surface area contributed by atoms with Gasteiger partial charge >= 0.3 is 0 Å². The number of rotatable bonds is 6. The predicted octanol–water partition coefficient (Wildman–Crippen LogP) is 7.21. The molecule has 4 aliphatic carbocycles. The number of hydrogen-bond acceptors (Lipinski definition) is 6. The van der Waals surface area contributed by atoms with E-state index in [1.165, 1.54) is 11.3 Å².